The first-order chi connectivity index (χ1) is 15.3. The fourth-order valence-corrected chi connectivity index (χ4v) is 4.04. The number of aromatic nitrogens is 5. The number of fused-ring (bicyclic) bond motifs is 1. The zero-order valence-corrected chi connectivity index (χ0v) is 19.5. The first-order valence-corrected chi connectivity index (χ1v) is 11.1. The second-order valence-electron chi connectivity index (χ2n) is 8.27. The second-order valence-corrected chi connectivity index (χ2v) is 8.71. The van der Waals surface area contributed by atoms with Gasteiger partial charge in [0.1, 0.15) is 5.82 Å². The summed E-state index contributed by atoms with van der Waals surface area (Å²) in [6.45, 7) is 8.82. The Balaban J connectivity index is 1.44. The number of benzene rings is 1. The number of nitrogens with zero attached hydrogens (tertiary/aromatic N) is 5. The molecule has 0 fully saturated rings. The lowest BCUT2D eigenvalue weighted by molar-refractivity contribution is -0.116. The lowest BCUT2D eigenvalue weighted by Gasteiger charge is -2.13. The van der Waals surface area contributed by atoms with E-state index in [1.165, 1.54) is 0 Å². The highest BCUT2D eigenvalue weighted by Crippen LogP contribution is 2.25. The van der Waals surface area contributed by atoms with Gasteiger partial charge >= 0.3 is 0 Å². The van der Waals surface area contributed by atoms with Gasteiger partial charge in [0.2, 0.25) is 5.91 Å². The quantitative estimate of drug-likeness (QED) is 0.425. The molecule has 0 saturated heterocycles. The van der Waals surface area contributed by atoms with Gasteiger partial charge in [0.25, 0.3) is 0 Å². The first-order valence-electron chi connectivity index (χ1n) is 10.7. The molecule has 0 spiro atoms. The molecular formula is C24H27ClN6O. The molecule has 166 valence electrons. The molecule has 4 aromatic rings. The van der Waals surface area contributed by atoms with Crippen molar-refractivity contribution >= 4 is 34.4 Å². The van der Waals surface area contributed by atoms with Crippen LogP contribution in [0.3, 0.4) is 0 Å². The van der Waals surface area contributed by atoms with E-state index in [4.69, 9.17) is 16.6 Å². The van der Waals surface area contributed by atoms with E-state index in [0.717, 1.165) is 33.4 Å². The fraction of sp³-hybridized carbons (Fsp3) is 0.333. The SMILES string of the molecule is Cc1nc2c(cnn2C(C)C)c(C)c1CCC(=O)Nc1ccnn1Cc1ccc(Cl)cc1. The molecule has 0 saturated carbocycles. The molecule has 0 radical (unpaired) electrons. The molecule has 7 nitrogen and oxygen atoms in total. The van der Waals surface area contributed by atoms with Crippen molar-refractivity contribution in [3.8, 4) is 0 Å². The van der Waals surface area contributed by atoms with Crippen molar-refractivity contribution in [3.05, 3.63) is 70.1 Å². The van der Waals surface area contributed by atoms with E-state index in [1.54, 1.807) is 16.9 Å². The number of rotatable bonds is 7. The van der Waals surface area contributed by atoms with Crippen LogP contribution in [-0.4, -0.2) is 30.5 Å². The molecule has 8 heteroatoms. The van der Waals surface area contributed by atoms with Gasteiger partial charge in [0.15, 0.2) is 5.65 Å². The highest BCUT2D eigenvalue weighted by Gasteiger charge is 2.16. The van der Waals surface area contributed by atoms with Crippen LogP contribution < -0.4 is 5.32 Å². The monoisotopic (exact) mass is 450 g/mol. The van der Waals surface area contributed by atoms with Crippen LogP contribution >= 0.6 is 11.6 Å². The summed E-state index contributed by atoms with van der Waals surface area (Å²) >= 11 is 5.96. The number of halogens is 1. The van der Waals surface area contributed by atoms with Crippen LogP contribution in [0.1, 0.15) is 48.7 Å². The number of anilines is 1. The normalized spacial score (nSPS) is 11.4. The van der Waals surface area contributed by atoms with Crippen LogP contribution in [0.15, 0.2) is 42.7 Å². The van der Waals surface area contributed by atoms with E-state index in [2.05, 4.69) is 36.3 Å². The lowest BCUT2D eigenvalue weighted by Crippen LogP contribution is -2.17. The number of nitrogens with one attached hydrogen (secondary N) is 1. The van der Waals surface area contributed by atoms with Gasteiger partial charge in [-0.25, -0.2) is 14.3 Å². The smallest absolute Gasteiger partial charge is 0.225 e. The number of amides is 1. The summed E-state index contributed by atoms with van der Waals surface area (Å²) in [5.74, 6) is 0.616. The topological polar surface area (TPSA) is 77.6 Å². The summed E-state index contributed by atoms with van der Waals surface area (Å²) in [5, 5.41) is 13.5. The van der Waals surface area contributed by atoms with Crippen molar-refractivity contribution in [2.45, 2.75) is 53.1 Å². The Morgan fingerprint density at radius 2 is 1.88 bits per heavy atom. The molecule has 3 aromatic heterocycles. The highest BCUT2D eigenvalue weighted by molar-refractivity contribution is 6.30. The minimum atomic E-state index is -0.0559. The van der Waals surface area contributed by atoms with Crippen LogP contribution in [0.4, 0.5) is 5.82 Å². The Morgan fingerprint density at radius 1 is 1.12 bits per heavy atom. The second kappa shape index (κ2) is 9.12. The van der Waals surface area contributed by atoms with Gasteiger partial charge < -0.3 is 5.32 Å². The maximum atomic E-state index is 12.7. The molecule has 32 heavy (non-hydrogen) atoms. The minimum Gasteiger partial charge on any atom is -0.311 e. The Hall–Kier alpha value is -3.19. The number of aryl methyl sites for hydroxylation is 2. The van der Waals surface area contributed by atoms with Gasteiger partial charge in [-0.2, -0.15) is 10.2 Å². The van der Waals surface area contributed by atoms with Crippen molar-refractivity contribution < 1.29 is 4.79 Å². The lowest BCUT2D eigenvalue weighted by atomic mass is 10.0. The van der Waals surface area contributed by atoms with Crippen LogP contribution in [-0.2, 0) is 17.8 Å². The predicted molar refractivity (Wildman–Crippen MR) is 127 cm³/mol. The largest absolute Gasteiger partial charge is 0.311 e. The number of pyridine rings is 1. The molecule has 0 bridgehead atoms. The average Bonchev–Trinajstić information content (AvgIpc) is 3.36. The zero-order chi connectivity index (χ0) is 22.8. The molecule has 1 aromatic carbocycles. The van der Waals surface area contributed by atoms with E-state index in [1.807, 2.05) is 42.1 Å². The molecule has 3 heterocycles. The van der Waals surface area contributed by atoms with Gasteiger partial charge in [-0.15, -0.1) is 0 Å². The maximum Gasteiger partial charge on any atom is 0.225 e. The Labute approximate surface area is 192 Å². The van der Waals surface area contributed by atoms with Crippen molar-refractivity contribution in [1.82, 2.24) is 24.5 Å². The van der Waals surface area contributed by atoms with Crippen LogP contribution in [0.5, 0.6) is 0 Å². The number of hydrogen-bond donors (Lipinski definition) is 1. The number of hydrogen-bond acceptors (Lipinski definition) is 4. The zero-order valence-electron chi connectivity index (χ0n) is 18.8. The molecule has 0 aliphatic carbocycles. The van der Waals surface area contributed by atoms with E-state index >= 15 is 0 Å². The number of carbonyl (C=O) groups is 1. The van der Waals surface area contributed by atoms with Crippen molar-refractivity contribution in [2.75, 3.05) is 5.32 Å². The molecule has 0 atom stereocenters. The summed E-state index contributed by atoms with van der Waals surface area (Å²) in [6, 6.07) is 9.64. The summed E-state index contributed by atoms with van der Waals surface area (Å²) in [4.78, 5) is 17.5. The third-order valence-corrected chi connectivity index (χ3v) is 5.91. The third kappa shape index (κ3) is 4.53. The first kappa shape index (κ1) is 22.0. The van der Waals surface area contributed by atoms with Crippen molar-refractivity contribution in [3.63, 3.8) is 0 Å². The molecule has 0 unspecified atom stereocenters. The van der Waals surface area contributed by atoms with E-state index in [0.29, 0.717) is 30.2 Å². The summed E-state index contributed by atoms with van der Waals surface area (Å²) in [6.07, 6.45) is 4.53. The average molecular weight is 451 g/mol. The predicted octanol–water partition coefficient (Wildman–Crippen LogP) is 5.10. The standard InChI is InChI=1S/C24H27ClN6O/c1-15(2)31-24-21(13-27-31)16(3)20(17(4)28-24)9-10-23(32)29-22-11-12-26-30(22)14-18-5-7-19(25)8-6-18/h5-8,11-13,15H,9-10,14H2,1-4H3,(H,29,32). The van der Waals surface area contributed by atoms with Gasteiger partial charge in [-0.1, -0.05) is 23.7 Å². The van der Waals surface area contributed by atoms with Crippen molar-refractivity contribution in [2.24, 2.45) is 0 Å². The fourth-order valence-electron chi connectivity index (χ4n) is 3.91. The molecule has 1 amide bonds. The molecule has 1 N–H and O–H groups in total. The molecule has 0 aliphatic rings. The van der Waals surface area contributed by atoms with Gasteiger partial charge in [0, 0.05) is 34.6 Å². The Morgan fingerprint density at radius 3 is 2.59 bits per heavy atom. The third-order valence-electron chi connectivity index (χ3n) is 5.66. The van der Waals surface area contributed by atoms with E-state index in [-0.39, 0.29) is 11.9 Å². The Kier molecular flexibility index (Phi) is 6.28. The van der Waals surface area contributed by atoms with Crippen LogP contribution in [0.2, 0.25) is 5.02 Å². The summed E-state index contributed by atoms with van der Waals surface area (Å²) in [7, 11) is 0. The Bertz CT molecular complexity index is 1260. The van der Waals surface area contributed by atoms with E-state index < -0.39 is 0 Å². The minimum absolute atomic E-state index is 0.0559. The van der Waals surface area contributed by atoms with Crippen LogP contribution in [0.25, 0.3) is 11.0 Å². The molecule has 4 rings (SSSR count). The van der Waals surface area contributed by atoms with Gasteiger partial charge in [-0.3, -0.25) is 4.79 Å². The van der Waals surface area contributed by atoms with E-state index in [9.17, 15) is 4.79 Å². The van der Waals surface area contributed by atoms with Gasteiger partial charge in [-0.05, 0) is 62.9 Å². The highest BCUT2D eigenvalue weighted by atomic mass is 35.5. The molecular weight excluding hydrogens is 424 g/mol. The van der Waals surface area contributed by atoms with Gasteiger partial charge in [0.05, 0.1) is 18.9 Å². The summed E-state index contributed by atoms with van der Waals surface area (Å²) < 4.78 is 3.71. The maximum absolute atomic E-state index is 12.7. The molecule has 0 aliphatic heterocycles. The summed E-state index contributed by atoms with van der Waals surface area (Å²) in [5.41, 5.74) is 5.14. The number of carbonyl (C=O) groups excluding carboxylic acids is 1. The van der Waals surface area contributed by atoms with Crippen molar-refractivity contribution in [1.29, 1.82) is 0 Å². The van der Waals surface area contributed by atoms with Crippen LogP contribution in [0, 0.1) is 13.8 Å².